The van der Waals surface area contributed by atoms with Gasteiger partial charge in [0.05, 0.1) is 12.6 Å². The second-order valence-corrected chi connectivity index (χ2v) is 6.37. The summed E-state index contributed by atoms with van der Waals surface area (Å²) in [6, 6.07) is 13.5. The highest BCUT2D eigenvalue weighted by Gasteiger charge is 2.37. The molecule has 0 radical (unpaired) electrons. The van der Waals surface area contributed by atoms with Crippen LogP contribution in [0, 0.1) is 0 Å². The Labute approximate surface area is 154 Å². The van der Waals surface area contributed by atoms with Crippen molar-refractivity contribution in [2.45, 2.75) is 25.1 Å². The molecule has 1 saturated heterocycles. The summed E-state index contributed by atoms with van der Waals surface area (Å²) in [6.07, 6.45) is 4.20. The van der Waals surface area contributed by atoms with Crippen molar-refractivity contribution in [3.8, 4) is 5.75 Å². The van der Waals surface area contributed by atoms with E-state index in [1.165, 1.54) is 0 Å². The van der Waals surface area contributed by atoms with Crippen molar-refractivity contribution >= 4 is 5.91 Å². The average Bonchev–Trinajstić information content (AvgIpc) is 3.06. The predicted octanol–water partition coefficient (Wildman–Crippen LogP) is 1.87. The third-order valence-electron chi connectivity index (χ3n) is 4.45. The van der Waals surface area contributed by atoms with Gasteiger partial charge < -0.3 is 14.8 Å². The van der Waals surface area contributed by atoms with E-state index in [2.05, 4.69) is 15.2 Å². The summed E-state index contributed by atoms with van der Waals surface area (Å²) >= 11 is 0. The highest BCUT2D eigenvalue weighted by atomic mass is 16.5. The molecule has 0 spiro atoms. The van der Waals surface area contributed by atoms with Gasteiger partial charge in [0, 0.05) is 45.6 Å². The highest BCUT2D eigenvalue weighted by Crippen LogP contribution is 2.25. The predicted molar refractivity (Wildman–Crippen MR) is 98.8 cm³/mol. The van der Waals surface area contributed by atoms with Crippen molar-refractivity contribution in [1.82, 2.24) is 15.2 Å². The average molecular weight is 355 g/mol. The summed E-state index contributed by atoms with van der Waals surface area (Å²) in [5.41, 5.74) is 1.13. The van der Waals surface area contributed by atoms with E-state index in [0.717, 1.165) is 11.3 Å². The first-order chi connectivity index (χ1) is 12.8. The molecule has 1 amide bonds. The Hall–Kier alpha value is -2.44. The second kappa shape index (κ2) is 9.31. The lowest BCUT2D eigenvalue weighted by atomic mass is 10.1. The number of pyridine rings is 1. The molecule has 0 bridgehead atoms. The van der Waals surface area contributed by atoms with Crippen LogP contribution >= 0.6 is 0 Å². The van der Waals surface area contributed by atoms with Crippen molar-refractivity contribution in [2.24, 2.45) is 0 Å². The number of amides is 1. The van der Waals surface area contributed by atoms with E-state index in [0.29, 0.717) is 32.7 Å². The van der Waals surface area contributed by atoms with Gasteiger partial charge in [0.1, 0.15) is 11.9 Å². The summed E-state index contributed by atoms with van der Waals surface area (Å²) in [6.45, 7) is 2.42. The molecule has 6 nitrogen and oxygen atoms in total. The molecule has 0 aliphatic carbocycles. The number of nitrogens with zero attached hydrogens (tertiary/aromatic N) is 2. The van der Waals surface area contributed by atoms with Crippen molar-refractivity contribution in [3.05, 3.63) is 60.4 Å². The Balaban J connectivity index is 1.66. The van der Waals surface area contributed by atoms with Gasteiger partial charge in [-0.1, -0.05) is 18.2 Å². The number of likely N-dealkylation sites (tertiary alicyclic amines) is 1. The zero-order valence-electron chi connectivity index (χ0n) is 15.0. The summed E-state index contributed by atoms with van der Waals surface area (Å²) in [4.78, 5) is 18.9. The molecular weight excluding hydrogens is 330 g/mol. The van der Waals surface area contributed by atoms with E-state index in [9.17, 15) is 4.79 Å². The fraction of sp³-hybridized carbons (Fsp3) is 0.400. The monoisotopic (exact) mass is 355 g/mol. The minimum atomic E-state index is -0.214. The molecule has 1 aliphatic heterocycles. The molecule has 0 saturated carbocycles. The number of methoxy groups -OCH3 is 1. The lowest BCUT2D eigenvalue weighted by molar-refractivity contribution is -0.125. The molecule has 3 rings (SSSR count). The third-order valence-corrected chi connectivity index (χ3v) is 4.45. The first-order valence-electron chi connectivity index (χ1n) is 8.87. The van der Waals surface area contributed by atoms with Crippen LogP contribution in [0.3, 0.4) is 0 Å². The van der Waals surface area contributed by atoms with Crippen LogP contribution in [-0.4, -0.2) is 54.7 Å². The van der Waals surface area contributed by atoms with Crippen LogP contribution in [0.5, 0.6) is 5.75 Å². The molecule has 6 heteroatoms. The SMILES string of the molecule is COCCNC(=O)[C@H]1C[C@H](Oc2ccccc2)CN1Cc1ccncc1. The van der Waals surface area contributed by atoms with Gasteiger partial charge in [0.25, 0.3) is 0 Å². The largest absolute Gasteiger partial charge is 0.489 e. The van der Waals surface area contributed by atoms with Gasteiger partial charge in [0.15, 0.2) is 0 Å². The summed E-state index contributed by atoms with van der Waals surface area (Å²) in [5.74, 6) is 0.858. The first kappa shape index (κ1) is 18.4. The number of para-hydroxylation sites is 1. The Kier molecular flexibility index (Phi) is 6.57. The number of hydrogen-bond acceptors (Lipinski definition) is 5. The molecule has 0 unspecified atom stereocenters. The highest BCUT2D eigenvalue weighted by molar-refractivity contribution is 5.82. The molecule has 1 N–H and O–H groups in total. The van der Waals surface area contributed by atoms with Crippen molar-refractivity contribution in [3.63, 3.8) is 0 Å². The number of nitrogens with one attached hydrogen (secondary N) is 1. The van der Waals surface area contributed by atoms with Gasteiger partial charge in [-0.2, -0.15) is 0 Å². The second-order valence-electron chi connectivity index (χ2n) is 6.37. The smallest absolute Gasteiger partial charge is 0.237 e. The molecule has 2 aromatic rings. The van der Waals surface area contributed by atoms with E-state index in [1.807, 2.05) is 42.5 Å². The molecule has 1 aromatic carbocycles. The molecular formula is C20H25N3O3. The van der Waals surface area contributed by atoms with Crippen LogP contribution in [0.1, 0.15) is 12.0 Å². The number of carbonyl (C=O) groups is 1. The van der Waals surface area contributed by atoms with Crippen LogP contribution in [0.15, 0.2) is 54.9 Å². The maximum absolute atomic E-state index is 12.6. The van der Waals surface area contributed by atoms with E-state index < -0.39 is 0 Å². The standard InChI is InChI=1S/C20H25N3O3/c1-25-12-11-22-20(24)19-13-18(26-17-5-3-2-4-6-17)15-23(19)14-16-7-9-21-10-8-16/h2-10,18-19H,11-15H2,1H3,(H,22,24)/t18-,19+/m0/s1. The minimum absolute atomic E-state index is 0.0163. The number of carbonyl (C=O) groups excluding carboxylic acids is 1. The van der Waals surface area contributed by atoms with Crippen molar-refractivity contribution in [2.75, 3.05) is 26.8 Å². The number of benzene rings is 1. The number of ether oxygens (including phenoxy) is 2. The van der Waals surface area contributed by atoms with Gasteiger partial charge in [0.2, 0.25) is 5.91 Å². The van der Waals surface area contributed by atoms with Gasteiger partial charge in [-0.05, 0) is 29.8 Å². The first-order valence-corrected chi connectivity index (χ1v) is 8.87. The fourth-order valence-corrected chi connectivity index (χ4v) is 3.20. The lowest BCUT2D eigenvalue weighted by Gasteiger charge is -2.23. The van der Waals surface area contributed by atoms with Crippen LogP contribution in [0.25, 0.3) is 0 Å². The van der Waals surface area contributed by atoms with Crippen LogP contribution in [0.2, 0.25) is 0 Å². The van der Waals surface area contributed by atoms with E-state index in [-0.39, 0.29) is 18.1 Å². The van der Waals surface area contributed by atoms with Gasteiger partial charge in [-0.15, -0.1) is 0 Å². The number of aromatic nitrogens is 1. The summed E-state index contributed by atoms with van der Waals surface area (Å²) in [7, 11) is 1.63. The van der Waals surface area contributed by atoms with E-state index in [1.54, 1.807) is 19.5 Å². The Morgan fingerprint density at radius 2 is 2.00 bits per heavy atom. The van der Waals surface area contributed by atoms with Crippen LogP contribution in [-0.2, 0) is 16.1 Å². The van der Waals surface area contributed by atoms with Crippen molar-refractivity contribution in [1.29, 1.82) is 0 Å². The lowest BCUT2D eigenvalue weighted by Crippen LogP contribution is -2.43. The topological polar surface area (TPSA) is 63.7 Å². The summed E-state index contributed by atoms with van der Waals surface area (Å²) in [5, 5.41) is 2.95. The molecule has 26 heavy (non-hydrogen) atoms. The van der Waals surface area contributed by atoms with E-state index >= 15 is 0 Å². The third kappa shape index (κ3) is 5.03. The van der Waals surface area contributed by atoms with Crippen LogP contribution in [0.4, 0.5) is 0 Å². The zero-order valence-corrected chi connectivity index (χ0v) is 15.0. The Morgan fingerprint density at radius 3 is 2.73 bits per heavy atom. The number of hydrogen-bond donors (Lipinski definition) is 1. The molecule has 2 atom stereocenters. The maximum Gasteiger partial charge on any atom is 0.237 e. The van der Waals surface area contributed by atoms with Gasteiger partial charge in [-0.3, -0.25) is 14.7 Å². The van der Waals surface area contributed by atoms with Gasteiger partial charge >= 0.3 is 0 Å². The molecule has 2 heterocycles. The van der Waals surface area contributed by atoms with Crippen molar-refractivity contribution < 1.29 is 14.3 Å². The van der Waals surface area contributed by atoms with Gasteiger partial charge in [-0.25, -0.2) is 0 Å². The molecule has 1 aromatic heterocycles. The number of rotatable bonds is 8. The fourth-order valence-electron chi connectivity index (χ4n) is 3.20. The minimum Gasteiger partial charge on any atom is -0.489 e. The molecule has 1 fully saturated rings. The van der Waals surface area contributed by atoms with E-state index in [4.69, 9.17) is 9.47 Å². The maximum atomic E-state index is 12.6. The zero-order chi connectivity index (χ0) is 18.2. The Bertz CT molecular complexity index is 681. The summed E-state index contributed by atoms with van der Waals surface area (Å²) < 4.78 is 11.1. The molecule has 138 valence electrons. The molecule has 1 aliphatic rings. The normalized spacial score (nSPS) is 20.0. The Morgan fingerprint density at radius 1 is 1.23 bits per heavy atom. The quantitative estimate of drug-likeness (QED) is 0.733. The van der Waals surface area contributed by atoms with Crippen LogP contribution < -0.4 is 10.1 Å².